The Hall–Kier alpha value is -2.47. The molecule has 1 aromatic carbocycles. The maximum atomic E-state index is 13.4. The Kier molecular flexibility index (Phi) is 4.83. The molecule has 1 amide bonds. The first-order valence-corrected chi connectivity index (χ1v) is 10.2. The van der Waals surface area contributed by atoms with Crippen molar-refractivity contribution in [2.45, 2.75) is 45.6 Å². The molecule has 27 heavy (non-hydrogen) atoms. The summed E-state index contributed by atoms with van der Waals surface area (Å²) in [6.07, 6.45) is 3.88. The van der Waals surface area contributed by atoms with Gasteiger partial charge in [-0.1, -0.05) is 37.3 Å². The molecule has 2 N–H and O–H groups in total. The van der Waals surface area contributed by atoms with Crippen LogP contribution in [0.4, 0.5) is 0 Å². The molecule has 0 bridgehead atoms. The molecule has 0 saturated heterocycles. The van der Waals surface area contributed by atoms with E-state index in [-0.39, 0.29) is 17.9 Å². The summed E-state index contributed by atoms with van der Waals surface area (Å²) in [5, 5.41) is 0.778. The molecule has 140 valence electrons. The minimum absolute atomic E-state index is 0.00961. The van der Waals surface area contributed by atoms with E-state index >= 15 is 0 Å². The number of nitrogens with two attached hydrogens (primary N) is 1. The molecule has 3 aromatic rings. The lowest BCUT2D eigenvalue weighted by molar-refractivity contribution is -0.118. The quantitative estimate of drug-likeness (QED) is 0.734. The minimum Gasteiger partial charge on any atom is -0.370 e. The Morgan fingerprint density at radius 2 is 2.11 bits per heavy atom. The molecule has 6 heteroatoms. The van der Waals surface area contributed by atoms with Gasteiger partial charge in [-0.15, -0.1) is 11.3 Å². The molecule has 2 heterocycles. The molecule has 0 radical (unpaired) electrons. The van der Waals surface area contributed by atoms with Gasteiger partial charge >= 0.3 is 0 Å². The Balaban J connectivity index is 1.89. The second-order valence-electron chi connectivity index (χ2n) is 7.36. The van der Waals surface area contributed by atoms with Crippen LogP contribution in [0, 0.1) is 5.92 Å². The molecule has 4 rings (SSSR count). The number of benzene rings is 1. The van der Waals surface area contributed by atoms with Crippen LogP contribution in [-0.2, 0) is 24.2 Å². The van der Waals surface area contributed by atoms with E-state index in [1.54, 1.807) is 15.9 Å². The summed E-state index contributed by atoms with van der Waals surface area (Å²) in [6.45, 7) is 2.70. The third-order valence-corrected chi connectivity index (χ3v) is 6.40. The van der Waals surface area contributed by atoms with E-state index in [2.05, 4.69) is 6.92 Å². The third kappa shape index (κ3) is 3.41. The molecule has 0 fully saturated rings. The number of amides is 1. The van der Waals surface area contributed by atoms with Crippen LogP contribution >= 0.6 is 11.3 Å². The zero-order chi connectivity index (χ0) is 19.0. The molecule has 5 nitrogen and oxygen atoms in total. The smallest absolute Gasteiger partial charge is 0.262 e. The van der Waals surface area contributed by atoms with Gasteiger partial charge in [0.1, 0.15) is 10.7 Å². The van der Waals surface area contributed by atoms with Crippen LogP contribution in [0.25, 0.3) is 21.6 Å². The number of rotatable bonds is 5. The number of carbonyl (C=O) groups excluding carboxylic acids is 1. The minimum atomic E-state index is -0.347. The van der Waals surface area contributed by atoms with Gasteiger partial charge in [0.15, 0.2) is 0 Å². The number of hydrogen-bond donors (Lipinski definition) is 1. The van der Waals surface area contributed by atoms with Crippen LogP contribution in [-0.4, -0.2) is 15.5 Å². The average molecular weight is 382 g/mol. The van der Waals surface area contributed by atoms with Gasteiger partial charge in [0.05, 0.1) is 5.39 Å². The fraction of sp³-hybridized carbons (Fsp3) is 0.381. The number of aromatic nitrogens is 2. The first kappa shape index (κ1) is 17.9. The molecule has 2 aromatic heterocycles. The Bertz CT molecular complexity index is 1050. The van der Waals surface area contributed by atoms with E-state index in [4.69, 9.17) is 10.7 Å². The highest BCUT2D eigenvalue weighted by atomic mass is 32.1. The second-order valence-corrected chi connectivity index (χ2v) is 8.44. The SMILES string of the molecule is CC1CCc2c(sc3nc(-c4ccccc4)n(CCCC(N)=O)c(=O)c23)C1. The average Bonchev–Trinajstić information content (AvgIpc) is 3.01. The molecule has 1 aliphatic rings. The van der Waals surface area contributed by atoms with Crippen LogP contribution in [0.5, 0.6) is 0 Å². The molecular formula is C21H23N3O2S. The van der Waals surface area contributed by atoms with Crippen molar-refractivity contribution in [2.24, 2.45) is 11.7 Å². The molecule has 1 atom stereocenters. The molecule has 1 aliphatic carbocycles. The van der Waals surface area contributed by atoms with Crippen LogP contribution < -0.4 is 11.3 Å². The van der Waals surface area contributed by atoms with Crippen molar-refractivity contribution in [3.05, 3.63) is 51.1 Å². The zero-order valence-corrected chi connectivity index (χ0v) is 16.2. The summed E-state index contributed by atoms with van der Waals surface area (Å²) in [4.78, 5) is 31.6. The highest BCUT2D eigenvalue weighted by Crippen LogP contribution is 2.36. The maximum absolute atomic E-state index is 13.4. The van der Waals surface area contributed by atoms with E-state index in [0.717, 1.165) is 35.0 Å². The van der Waals surface area contributed by atoms with Crippen molar-refractivity contribution in [3.8, 4) is 11.4 Å². The molecule has 1 unspecified atom stereocenters. The maximum Gasteiger partial charge on any atom is 0.262 e. The second kappa shape index (κ2) is 7.27. The van der Waals surface area contributed by atoms with E-state index in [1.807, 2.05) is 30.3 Å². The lowest BCUT2D eigenvalue weighted by atomic mass is 9.89. The highest BCUT2D eigenvalue weighted by Gasteiger charge is 2.24. The summed E-state index contributed by atoms with van der Waals surface area (Å²) in [5.74, 6) is 0.974. The lowest BCUT2D eigenvalue weighted by Gasteiger charge is -2.18. The number of primary amides is 1. The van der Waals surface area contributed by atoms with Gasteiger partial charge in [-0.2, -0.15) is 0 Å². The van der Waals surface area contributed by atoms with Gasteiger partial charge in [0.2, 0.25) is 5.91 Å². The fourth-order valence-electron chi connectivity index (χ4n) is 3.85. The number of fused-ring (bicyclic) bond motifs is 3. The van der Waals surface area contributed by atoms with E-state index in [1.165, 1.54) is 10.4 Å². The van der Waals surface area contributed by atoms with Gasteiger partial charge in [0, 0.05) is 23.4 Å². The van der Waals surface area contributed by atoms with Crippen molar-refractivity contribution in [2.75, 3.05) is 0 Å². The summed E-state index contributed by atoms with van der Waals surface area (Å²) >= 11 is 1.67. The predicted molar refractivity (Wildman–Crippen MR) is 109 cm³/mol. The van der Waals surface area contributed by atoms with Gasteiger partial charge < -0.3 is 5.73 Å². The number of aryl methyl sites for hydroxylation is 1. The number of carbonyl (C=O) groups is 1. The largest absolute Gasteiger partial charge is 0.370 e. The monoisotopic (exact) mass is 381 g/mol. The van der Waals surface area contributed by atoms with Crippen molar-refractivity contribution in [3.63, 3.8) is 0 Å². The van der Waals surface area contributed by atoms with Crippen LogP contribution in [0.1, 0.15) is 36.6 Å². The third-order valence-electron chi connectivity index (χ3n) is 5.25. The molecule has 0 spiro atoms. The number of nitrogens with zero attached hydrogens (tertiary/aromatic N) is 2. The van der Waals surface area contributed by atoms with Gasteiger partial charge in [-0.05, 0) is 37.2 Å². The topological polar surface area (TPSA) is 78.0 Å². The van der Waals surface area contributed by atoms with Crippen LogP contribution in [0.2, 0.25) is 0 Å². The van der Waals surface area contributed by atoms with Gasteiger partial charge in [-0.3, -0.25) is 14.2 Å². The standard InChI is InChI=1S/C21H23N3O2S/c1-13-9-10-15-16(12-13)27-20-18(15)21(26)24(11-5-8-17(22)25)19(23-20)14-6-3-2-4-7-14/h2-4,6-7,13H,5,8-12H2,1H3,(H2,22,25). The lowest BCUT2D eigenvalue weighted by Crippen LogP contribution is -2.25. The normalized spacial score (nSPS) is 16.4. The summed E-state index contributed by atoms with van der Waals surface area (Å²) < 4.78 is 1.73. The predicted octanol–water partition coefficient (Wildman–Crippen LogP) is 3.52. The van der Waals surface area contributed by atoms with Gasteiger partial charge in [-0.25, -0.2) is 4.98 Å². The Morgan fingerprint density at radius 1 is 1.33 bits per heavy atom. The van der Waals surface area contributed by atoms with Crippen molar-refractivity contribution in [1.29, 1.82) is 0 Å². The fourth-order valence-corrected chi connectivity index (χ4v) is 5.22. The molecule has 0 saturated carbocycles. The van der Waals surface area contributed by atoms with Crippen molar-refractivity contribution >= 4 is 27.5 Å². The van der Waals surface area contributed by atoms with Crippen LogP contribution in [0.3, 0.4) is 0 Å². The van der Waals surface area contributed by atoms with Gasteiger partial charge in [0.25, 0.3) is 5.56 Å². The van der Waals surface area contributed by atoms with E-state index < -0.39 is 0 Å². The first-order chi connectivity index (χ1) is 13.0. The summed E-state index contributed by atoms with van der Waals surface area (Å²) in [6, 6.07) is 9.77. The zero-order valence-electron chi connectivity index (χ0n) is 15.4. The van der Waals surface area contributed by atoms with Crippen molar-refractivity contribution in [1.82, 2.24) is 9.55 Å². The van der Waals surface area contributed by atoms with E-state index in [0.29, 0.717) is 24.7 Å². The highest BCUT2D eigenvalue weighted by molar-refractivity contribution is 7.18. The summed E-state index contributed by atoms with van der Waals surface area (Å²) in [7, 11) is 0. The molecule has 0 aliphatic heterocycles. The first-order valence-electron chi connectivity index (χ1n) is 9.43. The molecular weight excluding hydrogens is 358 g/mol. The Labute approximate surface area is 161 Å². The summed E-state index contributed by atoms with van der Waals surface area (Å²) in [5.41, 5.74) is 7.39. The number of hydrogen-bond acceptors (Lipinski definition) is 4. The van der Waals surface area contributed by atoms with Crippen LogP contribution in [0.15, 0.2) is 35.1 Å². The van der Waals surface area contributed by atoms with Crippen molar-refractivity contribution < 1.29 is 4.79 Å². The number of thiophene rings is 1. The Morgan fingerprint density at radius 3 is 2.85 bits per heavy atom. The van der Waals surface area contributed by atoms with E-state index in [9.17, 15) is 9.59 Å².